The Morgan fingerprint density at radius 2 is 1.81 bits per heavy atom. The van der Waals surface area contributed by atoms with Crippen LogP contribution in [-0.4, -0.2) is 48.9 Å². The second-order valence-electron chi connectivity index (χ2n) is 7.50. The SMILES string of the molecule is O=c1[nH]c(C[NH+]2CCN(S(=O)(=O)c3ccccc3C(F)(F)F)CC2)nc2cc(Cl)ccc12. The zero-order valence-electron chi connectivity index (χ0n) is 16.6. The second-order valence-corrected chi connectivity index (χ2v) is 9.84. The summed E-state index contributed by atoms with van der Waals surface area (Å²) in [6.45, 7) is 1.14. The van der Waals surface area contributed by atoms with E-state index in [0.717, 1.165) is 27.4 Å². The van der Waals surface area contributed by atoms with Crippen molar-refractivity contribution in [3.05, 3.63) is 69.2 Å². The monoisotopic (exact) mass is 487 g/mol. The number of aromatic nitrogens is 2. The van der Waals surface area contributed by atoms with E-state index in [9.17, 15) is 26.4 Å². The molecule has 2 N–H and O–H groups in total. The van der Waals surface area contributed by atoms with Crippen LogP contribution in [0.25, 0.3) is 10.9 Å². The molecule has 2 heterocycles. The van der Waals surface area contributed by atoms with Crippen LogP contribution < -0.4 is 10.5 Å². The van der Waals surface area contributed by atoms with Gasteiger partial charge < -0.3 is 9.88 Å². The fraction of sp³-hybridized carbons (Fsp3) is 0.300. The highest BCUT2D eigenvalue weighted by atomic mass is 35.5. The fourth-order valence-corrected chi connectivity index (χ4v) is 5.59. The number of nitrogens with zero attached hydrogens (tertiary/aromatic N) is 2. The number of fused-ring (bicyclic) bond motifs is 1. The third-order valence-corrected chi connectivity index (χ3v) is 7.57. The Bertz CT molecular complexity index is 1320. The molecule has 0 bridgehead atoms. The molecular weight excluding hydrogens is 469 g/mol. The highest BCUT2D eigenvalue weighted by molar-refractivity contribution is 7.89. The molecule has 0 aliphatic carbocycles. The van der Waals surface area contributed by atoms with Gasteiger partial charge in [-0.1, -0.05) is 23.7 Å². The number of hydrogen-bond donors (Lipinski definition) is 2. The van der Waals surface area contributed by atoms with Gasteiger partial charge in [-0.25, -0.2) is 13.4 Å². The van der Waals surface area contributed by atoms with Gasteiger partial charge in [0.1, 0.15) is 6.54 Å². The number of quaternary nitrogens is 1. The van der Waals surface area contributed by atoms with Gasteiger partial charge in [0.15, 0.2) is 5.82 Å². The number of hydrogen-bond acceptors (Lipinski definition) is 4. The molecule has 32 heavy (non-hydrogen) atoms. The number of H-pyrrole nitrogens is 1. The predicted molar refractivity (Wildman–Crippen MR) is 112 cm³/mol. The van der Waals surface area contributed by atoms with E-state index in [1.807, 2.05) is 0 Å². The van der Waals surface area contributed by atoms with Crippen molar-refractivity contribution in [1.29, 1.82) is 0 Å². The second kappa shape index (κ2) is 8.47. The summed E-state index contributed by atoms with van der Waals surface area (Å²) < 4.78 is 66.7. The number of benzene rings is 2. The molecule has 1 fully saturated rings. The van der Waals surface area contributed by atoms with Gasteiger partial charge in [0.05, 0.1) is 47.5 Å². The molecule has 1 aliphatic rings. The topological polar surface area (TPSA) is 87.6 Å². The molecule has 0 atom stereocenters. The van der Waals surface area contributed by atoms with Gasteiger partial charge in [0.2, 0.25) is 10.0 Å². The van der Waals surface area contributed by atoms with E-state index in [4.69, 9.17) is 11.6 Å². The number of rotatable bonds is 4. The van der Waals surface area contributed by atoms with Gasteiger partial charge in [-0.05, 0) is 30.3 Å². The first-order chi connectivity index (χ1) is 15.1. The van der Waals surface area contributed by atoms with Crippen molar-refractivity contribution in [3.8, 4) is 0 Å². The van der Waals surface area contributed by atoms with Crippen molar-refractivity contribution < 1.29 is 26.5 Å². The smallest absolute Gasteiger partial charge is 0.326 e. The average Bonchev–Trinajstić information content (AvgIpc) is 2.73. The predicted octanol–water partition coefficient (Wildman–Crippen LogP) is 1.68. The molecule has 1 saturated heterocycles. The number of aromatic amines is 1. The zero-order chi connectivity index (χ0) is 23.1. The highest BCUT2D eigenvalue weighted by Gasteiger charge is 2.40. The van der Waals surface area contributed by atoms with Crippen LogP contribution in [0.3, 0.4) is 0 Å². The van der Waals surface area contributed by atoms with Crippen LogP contribution in [0.15, 0.2) is 52.2 Å². The van der Waals surface area contributed by atoms with Crippen LogP contribution in [0.5, 0.6) is 0 Å². The summed E-state index contributed by atoms with van der Waals surface area (Å²) in [7, 11) is -4.30. The molecule has 0 spiro atoms. The van der Waals surface area contributed by atoms with E-state index in [0.29, 0.717) is 41.4 Å². The Balaban J connectivity index is 1.49. The minimum absolute atomic E-state index is 0.0491. The average molecular weight is 488 g/mol. The maximum atomic E-state index is 13.3. The number of sulfonamides is 1. The van der Waals surface area contributed by atoms with Crippen LogP contribution >= 0.6 is 11.6 Å². The summed E-state index contributed by atoms with van der Waals surface area (Å²) in [6.07, 6.45) is -4.77. The Hall–Kier alpha value is -2.47. The minimum Gasteiger partial charge on any atom is -0.326 e. The highest BCUT2D eigenvalue weighted by Crippen LogP contribution is 2.35. The molecule has 4 rings (SSSR count). The number of piperazine rings is 1. The molecule has 0 unspecified atom stereocenters. The molecule has 170 valence electrons. The Labute approximate surface area is 186 Å². The fourth-order valence-electron chi connectivity index (χ4n) is 3.77. The molecule has 1 aliphatic heterocycles. The standard InChI is InChI=1S/C20H18ClF3N4O3S/c21-13-5-6-14-16(11-13)25-18(26-19(14)29)12-27-7-9-28(10-8-27)32(30,31)17-4-2-1-3-15(17)20(22,23)24/h1-6,11H,7-10,12H2,(H,25,26,29)/p+1. The molecule has 0 amide bonds. The molecular formula is C20H19ClF3N4O3S+. The van der Waals surface area contributed by atoms with Gasteiger partial charge in [-0.15, -0.1) is 0 Å². The first kappa shape index (κ1) is 22.7. The van der Waals surface area contributed by atoms with Crippen LogP contribution in [-0.2, 0) is 22.7 Å². The lowest BCUT2D eigenvalue weighted by Crippen LogP contribution is -3.13. The van der Waals surface area contributed by atoms with Gasteiger partial charge >= 0.3 is 6.18 Å². The van der Waals surface area contributed by atoms with Crippen LogP contribution in [0, 0.1) is 0 Å². The van der Waals surface area contributed by atoms with Crippen molar-refractivity contribution in [3.63, 3.8) is 0 Å². The van der Waals surface area contributed by atoms with Gasteiger partial charge in [-0.2, -0.15) is 17.5 Å². The van der Waals surface area contributed by atoms with Gasteiger partial charge in [0, 0.05) is 5.02 Å². The zero-order valence-corrected chi connectivity index (χ0v) is 18.2. The summed E-state index contributed by atoms with van der Waals surface area (Å²) in [5.41, 5.74) is -1.02. The van der Waals surface area contributed by atoms with Crippen molar-refractivity contribution in [1.82, 2.24) is 14.3 Å². The number of nitrogens with one attached hydrogen (secondary N) is 2. The summed E-state index contributed by atoms with van der Waals surface area (Å²) in [5, 5.41) is 0.860. The van der Waals surface area contributed by atoms with E-state index in [1.54, 1.807) is 18.2 Å². The van der Waals surface area contributed by atoms with Crippen LogP contribution in [0.1, 0.15) is 11.4 Å². The van der Waals surface area contributed by atoms with E-state index in [-0.39, 0.29) is 18.6 Å². The first-order valence-electron chi connectivity index (χ1n) is 9.74. The summed E-state index contributed by atoms with van der Waals surface area (Å²) >= 11 is 5.97. The van der Waals surface area contributed by atoms with E-state index in [1.165, 1.54) is 6.07 Å². The van der Waals surface area contributed by atoms with Gasteiger partial charge in [-0.3, -0.25) is 4.79 Å². The van der Waals surface area contributed by atoms with Crippen LogP contribution in [0.2, 0.25) is 5.02 Å². The molecule has 2 aromatic carbocycles. The van der Waals surface area contributed by atoms with Crippen molar-refractivity contribution in [2.75, 3.05) is 26.2 Å². The van der Waals surface area contributed by atoms with E-state index >= 15 is 0 Å². The maximum Gasteiger partial charge on any atom is 0.417 e. The quantitative estimate of drug-likeness (QED) is 0.586. The molecule has 1 aromatic heterocycles. The van der Waals surface area contributed by atoms with Crippen molar-refractivity contribution in [2.45, 2.75) is 17.6 Å². The Morgan fingerprint density at radius 3 is 2.50 bits per heavy atom. The molecule has 0 radical (unpaired) electrons. The third kappa shape index (κ3) is 4.51. The van der Waals surface area contributed by atoms with Crippen LogP contribution in [0.4, 0.5) is 13.2 Å². The molecule has 0 saturated carbocycles. The number of alkyl halides is 3. The Kier molecular flexibility index (Phi) is 6.01. The molecule has 12 heteroatoms. The lowest BCUT2D eigenvalue weighted by molar-refractivity contribution is -0.917. The van der Waals surface area contributed by atoms with Crippen molar-refractivity contribution >= 4 is 32.5 Å². The molecule has 3 aromatic rings. The van der Waals surface area contributed by atoms with Gasteiger partial charge in [0.25, 0.3) is 5.56 Å². The van der Waals surface area contributed by atoms with E-state index < -0.39 is 26.7 Å². The minimum atomic E-state index is -4.77. The lowest BCUT2D eigenvalue weighted by Gasteiger charge is -2.31. The maximum absolute atomic E-state index is 13.3. The first-order valence-corrected chi connectivity index (χ1v) is 11.6. The number of halogens is 4. The molecule has 7 nitrogen and oxygen atoms in total. The Morgan fingerprint density at radius 1 is 1.12 bits per heavy atom. The summed E-state index contributed by atoms with van der Waals surface area (Å²) in [4.78, 5) is 19.6. The summed E-state index contributed by atoms with van der Waals surface area (Å²) in [6, 6.07) is 8.96. The lowest BCUT2D eigenvalue weighted by atomic mass is 10.2. The largest absolute Gasteiger partial charge is 0.417 e. The van der Waals surface area contributed by atoms with E-state index in [2.05, 4.69) is 9.97 Å². The van der Waals surface area contributed by atoms with Crippen molar-refractivity contribution in [2.24, 2.45) is 0 Å². The normalized spacial score (nSPS) is 16.5. The third-order valence-electron chi connectivity index (χ3n) is 5.37. The summed E-state index contributed by atoms with van der Waals surface area (Å²) in [5.74, 6) is 0.429.